The Kier molecular flexibility index (Phi) is 3.95. The number of amides is 1. The highest BCUT2D eigenvalue weighted by Gasteiger charge is 2.09. The second-order valence-corrected chi connectivity index (χ2v) is 2.08. The predicted molar refractivity (Wildman–Crippen MR) is 40.1 cm³/mol. The summed E-state index contributed by atoms with van der Waals surface area (Å²) in [7, 11) is 0. The third-order valence-electron chi connectivity index (χ3n) is 1.12. The molecule has 0 bridgehead atoms. The third kappa shape index (κ3) is 4.13. The Morgan fingerprint density at radius 2 is 2.18 bits per heavy atom. The molecule has 0 rings (SSSR count). The van der Waals surface area contributed by atoms with E-state index in [1.54, 1.807) is 0 Å². The second-order valence-electron chi connectivity index (χ2n) is 2.08. The van der Waals surface area contributed by atoms with Gasteiger partial charge in [0.2, 0.25) is 5.91 Å². The van der Waals surface area contributed by atoms with Crippen LogP contribution in [0.4, 0.5) is 0 Å². The van der Waals surface area contributed by atoms with Crippen LogP contribution in [0.3, 0.4) is 0 Å². The first-order valence-electron chi connectivity index (χ1n) is 3.16. The number of hydrogen-bond donors (Lipinski definition) is 1. The Labute approximate surface area is 65.1 Å². The maximum absolute atomic E-state index is 10.7. The molecule has 0 unspecified atom stereocenters. The number of hydrogen-bond acceptors (Lipinski definition) is 2. The van der Waals surface area contributed by atoms with E-state index in [9.17, 15) is 9.59 Å². The van der Waals surface area contributed by atoms with Gasteiger partial charge in [-0.1, -0.05) is 6.08 Å². The van der Waals surface area contributed by atoms with Crippen molar-refractivity contribution in [3.63, 3.8) is 0 Å². The number of aliphatic carboxylic acids is 1. The molecule has 0 aromatic heterocycles. The van der Waals surface area contributed by atoms with Crippen LogP contribution in [0.2, 0.25) is 0 Å². The Bertz CT molecular complexity index is 177. The monoisotopic (exact) mass is 157 g/mol. The predicted octanol–water partition coefficient (Wildman–Crippen LogP) is 0.106. The first kappa shape index (κ1) is 9.68. The molecule has 11 heavy (non-hydrogen) atoms. The number of carboxylic acid groups (broad SMARTS) is 1. The minimum atomic E-state index is -1.01. The van der Waals surface area contributed by atoms with Crippen molar-refractivity contribution >= 4 is 11.9 Å². The lowest BCUT2D eigenvalue weighted by Crippen LogP contribution is -2.33. The molecular formula is C7H11NO3. The van der Waals surface area contributed by atoms with Crippen LogP contribution in [-0.2, 0) is 9.59 Å². The number of carbonyl (C=O) groups excluding carboxylic acids is 1. The van der Waals surface area contributed by atoms with Gasteiger partial charge in [-0.25, -0.2) is 0 Å². The SMILES string of the molecule is C=CCN(CC(=O)O)C(C)=O. The van der Waals surface area contributed by atoms with Gasteiger partial charge in [-0.2, -0.15) is 0 Å². The van der Waals surface area contributed by atoms with Crippen LogP contribution in [0.5, 0.6) is 0 Å². The summed E-state index contributed by atoms with van der Waals surface area (Å²) in [6.07, 6.45) is 1.49. The Morgan fingerprint density at radius 3 is 2.45 bits per heavy atom. The summed E-state index contributed by atoms with van der Waals surface area (Å²) >= 11 is 0. The zero-order chi connectivity index (χ0) is 8.85. The molecule has 62 valence electrons. The van der Waals surface area contributed by atoms with Crippen molar-refractivity contribution in [2.24, 2.45) is 0 Å². The molecule has 0 aliphatic heterocycles. The van der Waals surface area contributed by atoms with Crippen LogP contribution in [-0.4, -0.2) is 35.0 Å². The second kappa shape index (κ2) is 4.49. The molecule has 4 nitrogen and oxygen atoms in total. The molecule has 0 aliphatic rings. The van der Waals surface area contributed by atoms with E-state index < -0.39 is 5.97 Å². The average molecular weight is 157 g/mol. The number of carbonyl (C=O) groups is 2. The zero-order valence-corrected chi connectivity index (χ0v) is 6.41. The number of carboxylic acids is 1. The quantitative estimate of drug-likeness (QED) is 0.589. The van der Waals surface area contributed by atoms with Gasteiger partial charge in [0.15, 0.2) is 0 Å². The van der Waals surface area contributed by atoms with Gasteiger partial charge in [-0.3, -0.25) is 9.59 Å². The van der Waals surface area contributed by atoms with E-state index in [1.807, 2.05) is 0 Å². The fourth-order valence-corrected chi connectivity index (χ4v) is 0.624. The van der Waals surface area contributed by atoms with Crippen molar-refractivity contribution < 1.29 is 14.7 Å². The highest BCUT2D eigenvalue weighted by molar-refractivity contribution is 5.79. The molecule has 0 aromatic carbocycles. The molecule has 1 N–H and O–H groups in total. The lowest BCUT2D eigenvalue weighted by Gasteiger charge is -2.15. The van der Waals surface area contributed by atoms with E-state index in [4.69, 9.17) is 5.11 Å². The highest BCUT2D eigenvalue weighted by atomic mass is 16.4. The molecule has 0 atom stereocenters. The summed E-state index contributed by atoms with van der Waals surface area (Å²) in [5, 5.41) is 8.33. The fraction of sp³-hybridized carbons (Fsp3) is 0.429. The van der Waals surface area contributed by atoms with E-state index in [-0.39, 0.29) is 19.0 Å². The lowest BCUT2D eigenvalue weighted by atomic mass is 10.4. The largest absolute Gasteiger partial charge is 0.480 e. The van der Waals surface area contributed by atoms with Gasteiger partial charge in [0, 0.05) is 13.5 Å². The molecule has 0 aromatic rings. The standard InChI is InChI=1S/C7H11NO3/c1-3-4-8(6(2)9)5-7(10)11/h3H,1,4-5H2,2H3,(H,10,11). The lowest BCUT2D eigenvalue weighted by molar-refractivity contribution is -0.143. The van der Waals surface area contributed by atoms with E-state index in [1.165, 1.54) is 17.9 Å². The minimum absolute atomic E-state index is 0.257. The van der Waals surface area contributed by atoms with Crippen LogP contribution >= 0.6 is 0 Å². The average Bonchev–Trinajstić information content (AvgIpc) is 1.86. The van der Waals surface area contributed by atoms with Gasteiger partial charge in [0.05, 0.1) is 0 Å². The van der Waals surface area contributed by atoms with Gasteiger partial charge in [0.25, 0.3) is 0 Å². The van der Waals surface area contributed by atoms with Crippen molar-refractivity contribution in [2.45, 2.75) is 6.92 Å². The summed E-state index contributed by atoms with van der Waals surface area (Å²) < 4.78 is 0. The molecule has 0 radical (unpaired) electrons. The molecule has 0 heterocycles. The van der Waals surface area contributed by atoms with Crippen LogP contribution in [0, 0.1) is 0 Å². The molecular weight excluding hydrogens is 146 g/mol. The first-order valence-corrected chi connectivity index (χ1v) is 3.16. The van der Waals surface area contributed by atoms with E-state index >= 15 is 0 Å². The minimum Gasteiger partial charge on any atom is -0.480 e. The number of rotatable bonds is 4. The van der Waals surface area contributed by atoms with Crippen molar-refractivity contribution in [1.29, 1.82) is 0 Å². The molecule has 4 heteroatoms. The summed E-state index contributed by atoms with van der Waals surface area (Å²) in [6.45, 7) is 4.75. The number of nitrogens with zero attached hydrogens (tertiary/aromatic N) is 1. The van der Waals surface area contributed by atoms with Gasteiger partial charge >= 0.3 is 5.97 Å². The Morgan fingerprint density at radius 1 is 1.64 bits per heavy atom. The van der Waals surface area contributed by atoms with Gasteiger partial charge in [-0.05, 0) is 0 Å². The maximum atomic E-state index is 10.7. The van der Waals surface area contributed by atoms with Crippen LogP contribution in [0.15, 0.2) is 12.7 Å². The summed E-state index contributed by atoms with van der Waals surface area (Å²) in [4.78, 5) is 22.0. The third-order valence-corrected chi connectivity index (χ3v) is 1.12. The van der Waals surface area contributed by atoms with E-state index in [0.717, 1.165) is 0 Å². The molecule has 0 saturated heterocycles. The van der Waals surface area contributed by atoms with Crippen LogP contribution in [0.1, 0.15) is 6.92 Å². The molecule has 0 spiro atoms. The normalized spacial score (nSPS) is 8.82. The maximum Gasteiger partial charge on any atom is 0.323 e. The van der Waals surface area contributed by atoms with Crippen LogP contribution in [0.25, 0.3) is 0 Å². The molecule has 0 fully saturated rings. The Balaban J connectivity index is 3.99. The van der Waals surface area contributed by atoms with Gasteiger partial charge < -0.3 is 10.0 Å². The zero-order valence-electron chi connectivity index (χ0n) is 6.41. The molecule has 0 aliphatic carbocycles. The molecule has 0 saturated carbocycles. The van der Waals surface area contributed by atoms with Crippen molar-refractivity contribution in [1.82, 2.24) is 4.90 Å². The van der Waals surface area contributed by atoms with E-state index in [0.29, 0.717) is 0 Å². The smallest absolute Gasteiger partial charge is 0.323 e. The summed E-state index contributed by atoms with van der Waals surface area (Å²) in [5.41, 5.74) is 0. The Hall–Kier alpha value is -1.32. The van der Waals surface area contributed by atoms with Gasteiger partial charge in [0.1, 0.15) is 6.54 Å². The van der Waals surface area contributed by atoms with Crippen molar-refractivity contribution in [3.05, 3.63) is 12.7 Å². The van der Waals surface area contributed by atoms with Crippen molar-refractivity contribution in [2.75, 3.05) is 13.1 Å². The van der Waals surface area contributed by atoms with Crippen molar-refractivity contribution in [3.8, 4) is 0 Å². The fourth-order valence-electron chi connectivity index (χ4n) is 0.624. The topological polar surface area (TPSA) is 57.6 Å². The van der Waals surface area contributed by atoms with Gasteiger partial charge in [-0.15, -0.1) is 6.58 Å². The van der Waals surface area contributed by atoms with E-state index in [2.05, 4.69) is 6.58 Å². The van der Waals surface area contributed by atoms with Crippen LogP contribution < -0.4 is 0 Å². The molecule has 1 amide bonds. The first-order chi connectivity index (χ1) is 5.07. The summed E-state index contributed by atoms with van der Waals surface area (Å²) in [6, 6.07) is 0. The highest BCUT2D eigenvalue weighted by Crippen LogP contribution is 1.88. The summed E-state index contributed by atoms with van der Waals surface area (Å²) in [5.74, 6) is -1.27.